The smallest absolute Gasteiger partial charge is 0.259 e. The van der Waals surface area contributed by atoms with Crippen molar-refractivity contribution in [1.29, 1.82) is 0 Å². The number of benzene rings is 2. The molecule has 1 aliphatic rings. The molecular formula is C25H23N3O4S. The molecule has 2 aromatic heterocycles. The number of thioether (sulfide) groups is 1. The van der Waals surface area contributed by atoms with Gasteiger partial charge in [-0.3, -0.25) is 9.59 Å². The van der Waals surface area contributed by atoms with Gasteiger partial charge in [0.15, 0.2) is 28.5 Å². The second-order valence-corrected chi connectivity index (χ2v) is 8.96. The number of para-hydroxylation sites is 3. The van der Waals surface area contributed by atoms with E-state index in [0.29, 0.717) is 34.8 Å². The average molecular weight is 462 g/mol. The molecule has 0 unspecified atom stereocenters. The van der Waals surface area contributed by atoms with Crippen molar-refractivity contribution in [3.63, 3.8) is 0 Å². The fourth-order valence-electron chi connectivity index (χ4n) is 4.07. The molecule has 2 aromatic carbocycles. The predicted octanol–water partition coefficient (Wildman–Crippen LogP) is 4.16. The molecule has 0 fully saturated rings. The molecule has 1 N–H and O–H groups in total. The predicted molar refractivity (Wildman–Crippen MR) is 128 cm³/mol. The molecule has 8 heteroatoms. The summed E-state index contributed by atoms with van der Waals surface area (Å²) in [6, 6.07) is 16.7. The number of nitrogens with one attached hydrogen (secondary N) is 1. The largest absolute Gasteiger partial charge is 0.486 e. The van der Waals surface area contributed by atoms with E-state index in [4.69, 9.17) is 9.47 Å². The number of aromatic amines is 1. The molecule has 0 saturated heterocycles. The Morgan fingerprint density at radius 2 is 1.91 bits per heavy atom. The van der Waals surface area contributed by atoms with Crippen molar-refractivity contribution < 1.29 is 14.3 Å². The lowest BCUT2D eigenvalue weighted by atomic mass is 10.2. The van der Waals surface area contributed by atoms with Gasteiger partial charge in [0, 0.05) is 17.0 Å². The monoisotopic (exact) mass is 461 g/mol. The van der Waals surface area contributed by atoms with Gasteiger partial charge in [-0.05, 0) is 44.2 Å². The van der Waals surface area contributed by atoms with E-state index in [2.05, 4.69) is 14.5 Å². The number of carbonyl (C=O) groups is 1. The fraction of sp³-hybridized carbons (Fsp3) is 0.240. The van der Waals surface area contributed by atoms with E-state index >= 15 is 0 Å². The second kappa shape index (κ2) is 8.78. The van der Waals surface area contributed by atoms with Gasteiger partial charge in [0.1, 0.15) is 6.61 Å². The van der Waals surface area contributed by atoms with E-state index in [-0.39, 0.29) is 23.2 Å². The van der Waals surface area contributed by atoms with Crippen LogP contribution in [0.15, 0.2) is 64.5 Å². The molecule has 0 radical (unpaired) electrons. The molecule has 1 aliphatic heterocycles. The summed E-state index contributed by atoms with van der Waals surface area (Å²) in [4.78, 5) is 32.5. The third-order valence-corrected chi connectivity index (χ3v) is 6.63. The minimum Gasteiger partial charge on any atom is -0.486 e. The van der Waals surface area contributed by atoms with Gasteiger partial charge in [0.2, 0.25) is 0 Å². The van der Waals surface area contributed by atoms with Crippen LogP contribution in [0.25, 0.3) is 10.9 Å². The Hall–Kier alpha value is -3.52. The van der Waals surface area contributed by atoms with Crippen molar-refractivity contribution in [2.45, 2.75) is 31.7 Å². The molecular weight excluding hydrogens is 438 g/mol. The van der Waals surface area contributed by atoms with E-state index in [1.165, 1.54) is 11.8 Å². The Bertz CT molecular complexity index is 1410. The number of ketones is 1. The third kappa shape index (κ3) is 4.26. The number of ether oxygens (including phenoxy) is 2. The Kier molecular flexibility index (Phi) is 5.68. The van der Waals surface area contributed by atoms with Crippen LogP contribution in [0.3, 0.4) is 0 Å². The summed E-state index contributed by atoms with van der Waals surface area (Å²) >= 11 is 1.23. The van der Waals surface area contributed by atoms with E-state index in [9.17, 15) is 9.59 Å². The number of carbonyl (C=O) groups excluding carboxylic acids is 1. The van der Waals surface area contributed by atoms with E-state index in [0.717, 1.165) is 22.9 Å². The average Bonchev–Trinajstić information content (AvgIpc) is 3.11. The quantitative estimate of drug-likeness (QED) is 0.264. The highest BCUT2D eigenvalue weighted by molar-refractivity contribution is 7.99. The molecule has 0 bridgehead atoms. The van der Waals surface area contributed by atoms with Crippen molar-refractivity contribution in [2.75, 3.05) is 12.4 Å². The summed E-state index contributed by atoms with van der Waals surface area (Å²) in [6.45, 7) is 4.97. The van der Waals surface area contributed by atoms with Gasteiger partial charge in [-0.1, -0.05) is 36.0 Å². The number of rotatable bonds is 6. The van der Waals surface area contributed by atoms with E-state index in [1.807, 2.05) is 50.2 Å². The summed E-state index contributed by atoms with van der Waals surface area (Å²) in [5.41, 5.74) is 2.96. The first-order valence-corrected chi connectivity index (χ1v) is 11.7. The van der Waals surface area contributed by atoms with Crippen molar-refractivity contribution in [3.8, 4) is 11.5 Å². The summed E-state index contributed by atoms with van der Waals surface area (Å²) < 4.78 is 14.0. The second-order valence-electron chi connectivity index (χ2n) is 7.99. The van der Waals surface area contributed by atoms with Crippen LogP contribution in [-0.4, -0.2) is 38.8 Å². The summed E-state index contributed by atoms with van der Waals surface area (Å²) in [7, 11) is 0. The van der Waals surface area contributed by atoms with Crippen LogP contribution >= 0.6 is 11.8 Å². The maximum atomic E-state index is 13.0. The topological polar surface area (TPSA) is 86.2 Å². The standard InChI is InChI=1S/C25H23N3O4S/c1-15-11-19(16(2)28(15)12-17-13-31-22-9-5-6-10-23(22)32-17)21(29)14-33-25-26-20-8-4-3-7-18(20)24(30)27-25/h3-11,17H,12-14H2,1-2H3,(H,26,27,30)/t17-/m1/s1. The fourth-order valence-corrected chi connectivity index (χ4v) is 4.82. The Morgan fingerprint density at radius 3 is 2.76 bits per heavy atom. The first kappa shape index (κ1) is 21.3. The Balaban J connectivity index is 1.29. The maximum Gasteiger partial charge on any atom is 0.259 e. The number of aromatic nitrogens is 3. The van der Waals surface area contributed by atoms with Crippen molar-refractivity contribution in [3.05, 3.63) is 81.9 Å². The van der Waals surface area contributed by atoms with Crippen LogP contribution in [0.2, 0.25) is 0 Å². The van der Waals surface area contributed by atoms with Gasteiger partial charge in [-0.25, -0.2) is 4.98 Å². The highest BCUT2D eigenvalue weighted by Crippen LogP contribution is 2.31. The van der Waals surface area contributed by atoms with Crippen LogP contribution in [0.1, 0.15) is 21.7 Å². The lowest BCUT2D eigenvalue weighted by Crippen LogP contribution is -2.33. The Labute approximate surface area is 194 Å². The van der Waals surface area contributed by atoms with Crippen molar-refractivity contribution in [1.82, 2.24) is 14.5 Å². The number of fused-ring (bicyclic) bond motifs is 2. The summed E-state index contributed by atoms with van der Waals surface area (Å²) in [5, 5.41) is 0.973. The van der Waals surface area contributed by atoms with Gasteiger partial charge < -0.3 is 19.0 Å². The van der Waals surface area contributed by atoms with Crippen LogP contribution in [0.4, 0.5) is 0 Å². The SMILES string of the molecule is Cc1cc(C(=O)CSc2nc3ccccc3c(=O)[nH]2)c(C)n1C[C@@H]1COc2ccccc2O1. The minimum atomic E-state index is -0.204. The molecule has 168 valence electrons. The molecule has 3 heterocycles. The molecule has 0 saturated carbocycles. The normalized spacial score (nSPS) is 15.0. The molecule has 4 aromatic rings. The van der Waals surface area contributed by atoms with Gasteiger partial charge in [-0.2, -0.15) is 0 Å². The van der Waals surface area contributed by atoms with Crippen LogP contribution in [0.5, 0.6) is 11.5 Å². The molecule has 1 atom stereocenters. The molecule has 0 amide bonds. The number of hydrogen-bond donors (Lipinski definition) is 1. The van der Waals surface area contributed by atoms with Crippen LogP contribution in [-0.2, 0) is 6.54 Å². The highest BCUT2D eigenvalue weighted by Gasteiger charge is 2.24. The van der Waals surface area contributed by atoms with Gasteiger partial charge in [0.05, 0.1) is 23.2 Å². The lowest BCUT2D eigenvalue weighted by Gasteiger charge is -2.27. The van der Waals surface area contributed by atoms with Crippen LogP contribution < -0.4 is 15.0 Å². The number of Topliss-reactive ketones (excluding diaryl/α,β-unsaturated/α-hetero) is 1. The van der Waals surface area contributed by atoms with E-state index < -0.39 is 0 Å². The molecule has 0 aliphatic carbocycles. The molecule has 33 heavy (non-hydrogen) atoms. The zero-order valence-corrected chi connectivity index (χ0v) is 19.1. The van der Waals surface area contributed by atoms with Crippen molar-refractivity contribution >= 4 is 28.4 Å². The maximum absolute atomic E-state index is 13.0. The zero-order chi connectivity index (χ0) is 22.9. The molecule has 5 rings (SSSR count). The molecule has 0 spiro atoms. The first-order valence-electron chi connectivity index (χ1n) is 10.7. The third-order valence-electron chi connectivity index (χ3n) is 5.76. The van der Waals surface area contributed by atoms with Gasteiger partial charge >= 0.3 is 0 Å². The van der Waals surface area contributed by atoms with Gasteiger partial charge in [-0.15, -0.1) is 0 Å². The lowest BCUT2D eigenvalue weighted by molar-refractivity contribution is 0.0777. The minimum absolute atomic E-state index is 0.0127. The zero-order valence-electron chi connectivity index (χ0n) is 18.3. The van der Waals surface area contributed by atoms with Crippen molar-refractivity contribution in [2.24, 2.45) is 0 Å². The van der Waals surface area contributed by atoms with Gasteiger partial charge in [0.25, 0.3) is 5.56 Å². The summed E-state index contributed by atoms with van der Waals surface area (Å²) in [5.74, 6) is 1.66. The summed E-state index contributed by atoms with van der Waals surface area (Å²) in [6.07, 6.45) is -0.145. The number of aryl methyl sites for hydroxylation is 1. The number of H-pyrrole nitrogens is 1. The number of hydrogen-bond acceptors (Lipinski definition) is 6. The van der Waals surface area contributed by atoms with E-state index in [1.54, 1.807) is 18.2 Å². The Morgan fingerprint density at radius 1 is 1.15 bits per heavy atom. The first-order chi connectivity index (χ1) is 16.0. The van der Waals surface area contributed by atoms with Crippen LogP contribution in [0, 0.1) is 13.8 Å². The highest BCUT2D eigenvalue weighted by atomic mass is 32.2. The molecule has 7 nitrogen and oxygen atoms in total. The number of nitrogens with zero attached hydrogens (tertiary/aromatic N) is 2.